The molecule has 93 heavy (non-hydrogen) atoms. The third kappa shape index (κ3) is 14.2. The van der Waals surface area contributed by atoms with Gasteiger partial charge in [-0.1, -0.05) is 212 Å². The van der Waals surface area contributed by atoms with E-state index in [1.165, 1.54) is 0 Å². The van der Waals surface area contributed by atoms with Gasteiger partial charge in [0, 0.05) is 3.57 Å². The number of ether oxygens (including phenoxy) is 7. The molecule has 0 heterocycles. The molecule has 0 aliphatic heterocycles. The fourth-order valence-electron chi connectivity index (χ4n) is 10.9. The second-order valence-corrected chi connectivity index (χ2v) is 22.8. The fourth-order valence-corrected chi connectivity index (χ4v) is 11.9. The summed E-state index contributed by atoms with van der Waals surface area (Å²) in [5.74, 6) is -7.00. The Morgan fingerprint density at radius 1 is 0.215 bits per heavy atom. The molecule has 0 saturated heterocycles. The lowest BCUT2D eigenvalue weighted by Crippen LogP contribution is -2.24. The molecular formula is C78H55IO14. The van der Waals surface area contributed by atoms with Crippen LogP contribution in [-0.2, 0) is 79.4 Å². The summed E-state index contributed by atoms with van der Waals surface area (Å²) in [6.07, 6.45) is 0. The van der Waals surface area contributed by atoms with E-state index >= 15 is 24.0 Å². The molecule has 0 atom stereocenters. The standard InChI is InChI=1S/C78H55IO14/c79-71-67(75(83)90-45-52-28-14-4-15-29-52)63-41-59-37-57-39-61-60(38-56(57)36-58(59)40-62(63)66(74(82)89-44-51-26-12-3-13-27-51)70(71)78(86)93-48-55-34-20-7-21-35-55)64(72(80)87-42-49-22-8-1-9-23-49)68(76(84)91-46-53-30-16-5-17-31-53)69(77(85)92-47-54-32-18-6-19-33-54)65(61)73(81)88-43-50-24-10-2-11-25-50/h1-41H,42-48H2. The number of halogens is 1. The molecular weight excluding hydrogens is 1290 g/mol. The van der Waals surface area contributed by atoms with Crippen LogP contribution in [0.2, 0.25) is 0 Å². The highest BCUT2D eigenvalue weighted by Crippen LogP contribution is 2.41. The number of rotatable bonds is 21. The van der Waals surface area contributed by atoms with Crippen molar-refractivity contribution in [2.75, 3.05) is 0 Å². The van der Waals surface area contributed by atoms with Gasteiger partial charge in [0.2, 0.25) is 0 Å². The molecule has 0 unspecified atom stereocenters. The lowest BCUT2D eigenvalue weighted by atomic mass is 9.86. The van der Waals surface area contributed by atoms with Crippen molar-refractivity contribution in [3.05, 3.63) is 330 Å². The molecule has 0 N–H and O–H groups in total. The molecule has 458 valence electrons. The number of esters is 7. The minimum Gasteiger partial charge on any atom is -0.457 e. The van der Waals surface area contributed by atoms with E-state index in [4.69, 9.17) is 33.2 Å². The largest absolute Gasteiger partial charge is 0.457 e. The summed E-state index contributed by atoms with van der Waals surface area (Å²) in [4.78, 5) is 106. The van der Waals surface area contributed by atoms with Crippen LogP contribution in [0, 0.1) is 3.57 Å². The Balaban J connectivity index is 1.12. The first-order valence-electron chi connectivity index (χ1n) is 29.6. The van der Waals surface area contributed by atoms with Crippen LogP contribution in [0.15, 0.2) is 249 Å². The quantitative estimate of drug-likeness (QED) is 0.0286. The molecule has 0 fully saturated rings. The van der Waals surface area contributed by atoms with Gasteiger partial charge in [-0.25, -0.2) is 33.6 Å². The molecule has 0 aliphatic carbocycles. The van der Waals surface area contributed by atoms with E-state index in [1.54, 1.807) is 218 Å². The van der Waals surface area contributed by atoms with Crippen molar-refractivity contribution in [2.45, 2.75) is 46.2 Å². The third-order valence-electron chi connectivity index (χ3n) is 15.5. The zero-order valence-corrected chi connectivity index (χ0v) is 51.9. The second kappa shape index (κ2) is 28.7. The normalized spacial score (nSPS) is 11.0. The van der Waals surface area contributed by atoms with E-state index in [9.17, 15) is 9.59 Å². The van der Waals surface area contributed by atoms with Crippen molar-refractivity contribution in [3.8, 4) is 0 Å². The van der Waals surface area contributed by atoms with Gasteiger partial charge in [-0.05, 0) is 141 Å². The first-order valence-corrected chi connectivity index (χ1v) is 30.7. The summed E-state index contributed by atoms with van der Waals surface area (Å²) in [7, 11) is 0. The van der Waals surface area contributed by atoms with Gasteiger partial charge in [0.05, 0.1) is 38.9 Å². The summed E-state index contributed by atoms with van der Waals surface area (Å²) in [6, 6.07) is 72.4. The van der Waals surface area contributed by atoms with Crippen molar-refractivity contribution < 1.29 is 66.7 Å². The van der Waals surface area contributed by atoms with Crippen molar-refractivity contribution in [2.24, 2.45) is 0 Å². The smallest absolute Gasteiger partial charge is 0.340 e. The maximum atomic E-state index is 15.4. The summed E-state index contributed by atoms with van der Waals surface area (Å²) in [5, 5.41) is 2.14. The van der Waals surface area contributed by atoms with E-state index in [-0.39, 0.29) is 88.1 Å². The maximum absolute atomic E-state index is 15.4. The number of benzene rings is 12. The molecule has 12 rings (SSSR count). The zero-order valence-electron chi connectivity index (χ0n) is 49.7. The Morgan fingerprint density at radius 2 is 0.387 bits per heavy atom. The molecule has 0 aromatic heterocycles. The first kappa shape index (κ1) is 61.9. The average molecular weight is 1340 g/mol. The number of fused-ring (bicyclic) bond motifs is 4. The Morgan fingerprint density at radius 3 is 0.613 bits per heavy atom. The van der Waals surface area contributed by atoms with Gasteiger partial charge in [-0.3, -0.25) is 0 Å². The Bertz CT molecular complexity index is 4800. The van der Waals surface area contributed by atoms with Crippen LogP contribution in [0.4, 0.5) is 0 Å². The topological polar surface area (TPSA) is 184 Å². The van der Waals surface area contributed by atoms with Gasteiger partial charge in [0.15, 0.2) is 0 Å². The lowest BCUT2D eigenvalue weighted by Gasteiger charge is -2.21. The van der Waals surface area contributed by atoms with Gasteiger partial charge in [0.25, 0.3) is 0 Å². The number of carbonyl (C=O) groups is 7. The molecule has 0 saturated carbocycles. The lowest BCUT2D eigenvalue weighted by molar-refractivity contribution is 0.0392. The number of carbonyl (C=O) groups excluding carboxylic acids is 7. The van der Waals surface area contributed by atoms with Crippen molar-refractivity contribution in [3.63, 3.8) is 0 Å². The van der Waals surface area contributed by atoms with E-state index < -0.39 is 64.0 Å². The molecule has 0 radical (unpaired) electrons. The number of hydrogen-bond acceptors (Lipinski definition) is 14. The summed E-state index contributed by atoms with van der Waals surface area (Å²) in [6.45, 7) is -1.61. The van der Waals surface area contributed by atoms with Gasteiger partial charge < -0.3 is 33.2 Å². The predicted octanol–water partition coefficient (Wildman–Crippen LogP) is 16.4. The second-order valence-electron chi connectivity index (χ2n) is 21.7. The van der Waals surface area contributed by atoms with Gasteiger partial charge >= 0.3 is 41.8 Å². The Hall–Kier alpha value is -11.3. The third-order valence-corrected chi connectivity index (χ3v) is 16.6. The van der Waals surface area contributed by atoms with Crippen molar-refractivity contribution in [1.82, 2.24) is 0 Å². The van der Waals surface area contributed by atoms with Crippen LogP contribution in [0.5, 0.6) is 0 Å². The van der Waals surface area contributed by atoms with Gasteiger partial charge in [-0.15, -0.1) is 0 Å². The first-order chi connectivity index (χ1) is 45.4. The summed E-state index contributed by atoms with van der Waals surface area (Å²) >= 11 is 1.88. The van der Waals surface area contributed by atoms with Crippen molar-refractivity contribution in [1.29, 1.82) is 0 Å². The van der Waals surface area contributed by atoms with E-state index in [1.807, 2.05) is 52.9 Å². The predicted molar refractivity (Wildman–Crippen MR) is 358 cm³/mol. The van der Waals surface area contributed by atoms with Crippen LogP contribution < -0.4 is 0 Å². The zero-order chi connectivity index (χ0) is 64.2. The van der Waals surface area contributed by atoms with Crippen LogP contribution >= 0.6 is 22.6 Å². The van der Waals surface area contributed by atoms with Gasteiger partial charge in [-0.2, -0.15) is 0 Å². The highest BCUT2D eigenvalue weighted by Gasteiger charge is 2.38. The van der Waals surface area contributed by atoms with Gasteiger partial charge in [0.1, 0.15) is 46.2 Å². The molecule has 15 heteroatoms. The average Bonchev–Trinajstić information content (AvgIpc) is 0.729. The Kier molecular flexibility index (Phi) is 19.1. The fraction of sp³-hybridized carbons (Fsp3) is 0.0897. The van der Waals surface area contributed by atoms with Crippen molar-refractivity contribution >= 4 is 107 Å². The van der Waals surface area contributed by atoms with Crippen LogP contribution in [0.1, 0.15) is 111 Å². The summed E-state index contributed by atoms with van der Waals surface area (Å²) < 4.78 is 42.3. The Labute approximate surface area is 547 Å². The molecule has 12 aromatic rings. The van der Waals surface area contributed by atoms with Crippen LogP contribution in [0.3, 0.4) is 0 Å². The highest BCUT2D eigenvalue weighted by molar-refractivity contribution is 14.1. The molecule has 0 aliphatic rings. The molecule has 0 bridgehead atoms. The monoisotopic (exact) mass is 1340 g/mol. The molecule has 0 amide bonds. The highest BCUT2D eigenvalue weighted by atomic mass is 127. The molecule has 12 aromatic carbocycles. The molecule has 14 nitrogen and oxygen atoms in total. The number of hydrogen-bond donors (Lipinski definition) is 0. The maximum Gasteiger partial charge on any atom is 0.340 e. The minimum atomic E-state index is -1.15. The van der Waals surface area contributed by atoms with E-state index in [0.29, 0.717) is 60.5 Å². The van der Waals surface area contributed by atoms with E-state index in [0.717, 1.165) is 0 Å². The molecule has 0 spiro atoms. The summed E-state index contributed by atoms with van der Waals surface area (Å²) in [5.41, 5.74) is 1.91. The minimum absolute atomic E-state index is 0.000430. The van der Waals surface area contributed by atoms with Crippen LogP contribution in [-0.4, -0.2) is 41.8 Å². The van der Waals surface area contributed by atoms with E-state index in [2.05, 4.69) is 0 Å². The van der Waals surface area contributed by atoms with Crippen LogP contribution in [0.25, 0.3) is 43.1 Å². The SMILES string of the molecule is O=C(OCc1ccccc1)c1c(I)c(C(=O)OCc2ccccc2)c2cc3cc4cc5c(C(=O)OCc6ccccc6)c(C(=O)OCc6ccccc6)c(C(=O)OCc6ccccc6)c(C(=O)OCc6ccccc6)c5cc4cc3cc2c1C(=O)OCc1ccccc1.